The van der Waals surface area contributed by atoms with Gasteiger partial charge in [-0.05, 0) is 42.9 Å². The van der Waals surface area contributed by atoms with E-state index in [2.05, 4.69) is 13.8 Å². The fourth-order valence-corrected chi connectivity index (χ4v) is 3.73. The second kappa shape index (κ2) is 4.45. The van der Waals surface area contributed by atoms with Gasteiger partial charge in [-0.25, -0.2) is 0 Å². The normalized spacial score (nSPS) is 37.8. The Bertz CT molecular complexity index is 197. The molecule has 2 saturated carbocycles. The van der Waals surface area contributed by atoms with E-state index in [9.17, 15) is 0 Å². The maximum atomic E-state index is 6.53. The third-order valence-corrected chi connectivity index (χ3v) is 5.12. The van der Waals surface area contributed by atoms with E-state index >= 15 is 0 Å². The van der Waals surface area contributed by atoms with Crippen molar-refractivity contribution >= 4 is 0 Å². The molecule has 88 valence electrons. The van der Waals surface area contributed by atoms with Crippen LogP contribution in [0.25, 0.3) is 0 Å². The molecule has 2 N–H and O–H groups in total. The fraction of sp³-hybridized carbons (Fsp3) is 1.00. The first-order chi connectivity index (χ1) is 7.12. The SMILES string of the molecule is CC1CCC(C(N)C2(C)CCCC2)CC1. The molecule has 2 fully saturated rings. The Balaban J connectivity index is 1.92. The molecule has 0 aliphatic heterocycles. The highest BCUT2D eigenvalue weighted by atomic mass is 14.7. The van der Waals surface area contributed by atoms with E-state index in [4.69, 9.17) is 5.73 Å². The predicted octanol–water partition coefficient (Wildman–Crippen LogP) is 3.72. The molecule has 1 unspecified atom stereocenters. The highest BCUT2D eigenvalue weighted by molar-refractivity contribution is 4.94. The van der Waals surface area contributed by atoms with Crippen molar-refractivity contribution < 1.29 is 0 Å². The summed E-state index contributed by atoms with van der Waals surface area (Å²) in [4.78, 5) is 0. The minimum absolute atomic E-state index is 0.477. The zero-order chi connectivity index (χ0) is 10.9. The summed E-state index contributed by atoms with van der Waals surface area (Å²) in [5.74, 6) is 1.77. The van der Waals surface area contributed by atoms with Crippen molar-refractivity contribution in [3.63, 3.8) is 0 Å². The first kappa shape index (κ1) is 11.4. The van der Waals surface area contributed by atoms with E-state index in [1.165, 1.54) is 51.4 Å². The second-order valence-electron chi connectivity index (χ2n) is 6.41. The Kier molecular flexibility index (Phi) is 3.39. The largest absolute Gasteiger partial charge is 0.327 e. The average Bonchev–Trinajstić information content (AvgIpc) is 2.67. The molecule has 1 atom stereocenters. The van der Waals surface area contributed by atoms with Crippen LogP contribution >= 0.6 is 0 Å². The van der Waals surface area contributed by atoms with E-state index in [1.54, 1.807) is 0 Å². The Hall–Kier alpha value is -0.0400. The van der Waals surface area contributed by atoms with Gasteiger partial charge in [0.15, 0.2) is 0 Å². The van der Waals surface area contributed by atoms with Crippen molar-refractivity contribution in [1.29, 1.82) is 0 Å². The molecule has 0 spiro atoms. The summed E-state index contributed by atoms with van der Waals surface area (Å²) in [5, 5.41) is 0. The summed E-state index contributed by atoms with van der Waals surface area (Å²) >= 11 is 0. The Morgan fingerprint density at radius 1 is 1.07 bits per heavy atom. The van der Waals surface area contributed by atoms with E-state index < -0.39 is 0 Å². The van der Waals surface area contributed by atoms with Gasteiger partial charge >= 0.3 is 0 Å². The van der Waals surface area contributed by atoms with Gasteiger partial charge in [-0.15, -0.1) is 0 Å². The zero-order valence-corrected chi connectivity index (χ0v) is 10.5. The topological polar surface area (TPSA) is 26.0 Å². The zero-order valence-electron chi connectivity index (χ0n) is 10.5. The van der Waals surface area contributed by atoms with Crippen molar-refractivity contribution in [2.75, 3.05) is 0 Å². The van der Waals surface area contributed by atoms with Gasteiger partial charge in [-0.2, -0.15) is 0 Å². The summed E-state index contributed by atoms with van der Waals surface area (Å²) < 4.78 is 0. The molecule has 0 bridgehead atoms. The number of rotatable bonds is 2. The Labute approximate surface area is 94.8 Å². The van der Waals surface area contributed by atoms with E-state index in [0.29, 0.717) is 11.5 Å². The maximum absolute atomic E-state index is 6.53. The van der Waals surface area contributed by atoms with Gasteiger partial charge in [0.1, 0.15) is 0 Å². The monoisotopic (exact) mass is 209 g/mol. The Morgan fingerprint density at radius 3 is 2.13 bits per heavy atom. The molecule has 0 amide bonds. The minimum atomic E-state index is 0.477. The first-order valence-electron chi connectivity index (χ1n) is 6.87. The standard InChI is InChI=1S/C14H27N/c1-11-5-7-12(8-6-11)13(15)14(2)9-3-4-10-14/h11-13H,3-10,15H2,1-2H3. The van der Waals surface area contributed by atoms with Gasteiger partial charge in [-0.1, -0.05) is 39.5 Å². The van der Waals surface area contributed by atoms with Crippen LogP contribution in [0.2, 0.25) is 0 Å². The highest BCUT2D eigenvalue weighted by Crippen LogP contribution is 2.45. The molecule has 2 aliphatic rings. The predicted molar refractivity (Wildman–Crippen MR) is 65.7 cm³/mol. The molecule has 0 aromatic carbocycles. The van der Waals surface area contributed by atoms with Crippen molar-refractivity contribution in [2.24, 2.45) is 23.0 Å². The van der Waals surface area contributed by atoms with E-state index in [-0.39, 0.29) is 0 Å². The highest BCUT2D eigenvalue weighted by Gasteiger charge is 2.39. The smallest absolute Gasteiger partial charge is 0.0121 e. The van der Waals surface area contributed by atoms with Crippen LogP contribution in [0.3, 0.4) is 0 Å². The third-order valence-electron chi connectivity index (χ3n) is 5.12. The molecular weight excluding hydrogens is 182 g/mol. The van der Waals surface area contributed by atoms with Gasteiger partial charge in [0.25, 0.3) is 0 Å². The summed E-state index contributed by atoms with van der Waals surface area (Å²) in [5.41, 5.74) is 7.01. The summed E-state index contributed by atoms with van der Waals surface area (Å²) in [6, 6.07) is 0.479. The molecule has 1 nitrogen and oxygen atoms in total. The molecular formula is C14H27N. The quantitative estimate of drug-likeness (QED) is 0.737. The molecule has 2 aliphatic carbocycles. The lowest BCUT2D eigenvalue weighted by molar-refractivity contribution is 0.149. The van der Waals surface area contributed by atoms with Crippen molar-refractivity contribution in [2.45, 2.75) is 71.3 Å². The van der Waals surface area contributed by atoms with Gasteiger partial charge < -0.3 is 5.73 Å². The molecule has 0 radical (unpaired) electrons. The molecule has 0 aromatic heterocycles. The lowest BCUT2D eigenvalue weighted by Crippen LogP contribution is -2.44. The van der Waals surface area contributed by atoms with Gasteiger partial charge in [-0.3, -0.25) is 0 Å². The van der Waals surface area contributed by atoms with Gasteiger partial charge in [0.2, 0.25) is 0 Å². The fourth-order valence-electron chi connectivity index (χ4n) is 3.73. The molecule has 0 aromatic rings. The second-order valence-corrected chi connectivity index (χ2v) is 6.41. The van der Waals surface area contributed by atoms with E-state index in [1.807, 2.05) is 0 Å². The lowest BCUT2D eigenvalue weighted by Gasteiger charge is -2.40. The minimum Gasteiger partial charge on any atom is -0.327 e. The van der Waals surface area contributed by atoms with Crippen LogP contribution in [-0.4, -0.2) is 6.04 Å². The summed E-state index contributed by atoms with van der Waals surface area (Å²) in [6.45, 7) is 4.82. The third kappa shape index (κ3) is 2.38. The van der Waals surface area contributed by atoms with E-state index in [0.717, 1.165) is 11.8 Å². The van der Waals surface area contributed by atoms with Crippen LogP contribution in [0, 0.1) is 17.3 Å². The van der Waals surface area contributed by atoms with Crippen LogP contribution in [0.15, 0.2) is 0 Å². The van der Waals surface area contributed by atoms with Gasteiger partial charge in [0.05, 0.1) is 0 Å². The molecule has 2 rings (SSSR count). The van der Waals surface area contributed by atoms with Crippen molar-refractivity contribution in [3.05, 3.63) is 0 Å². The summed E-state index contributed by atoms with van der Waals surface area (Å²) in [7, 11) is 0. The Morgan fingerprint density at radius 2 is 1.60 bits per heavy atom. The van der Waals surface area contributed by atoms with Crippen LogP contribution in [0.4, 0.5) is 0 Å². The lowest BCUT2D eigenvalue weighted by atomic mass is 9.69. The molecule has 0 saturated heterocycles. The molecule has 15 heavy (non-hydrogen) atoms. The molecule has 0 heterocycles. The van der Waals surface area contributed by atoms with Crippen molar-refractivity contribution in [1.82, 2.24) is 0 Å². The van der Waals surface area contributed by atoms with Gasteiger partial charge in [0, 0.05) is 6.04 Å². The summed E-state index contributed by atoms with van der Waals surface area (Å²) in [6.07, 6.45) is 11.2. The number of nitrogens with two attached hydrogens (primary N) is 1. The average molecular weight is 209 g/mol. The van der Waals surface area contributed by atoms with Crippen LogP contribution in [-0.2, 0) is 0 Å². The van der Waals surface area contributed by atoms with Crippen LogP contribution in [0.1, 0.15) is 65.2 Å². The molecule has 1 heteroatoms. The van der Waals surface area contributed by atoms with Crippen LogP contribution in [0.5, 0.6) is 0 Å². The first-order valence-corrected chi connectivity index (χ1v) is 6.87. The number of hydrogen-bond acceptors (Lipinski definition) is 1. The van der Waals surface area contributed by atoms with Crippen LogP contribution < -0.4 is 5.73 Å². The maximum Gasteiger partial charge on any atom is 0.0121 e. The number of hydrogen-bond donors (Lipinski definition) is 1. The van der Waals surface area contributed by atoms with Crippen molar-refractivity contribution in [3.8, 4) is 0 Å².